The van der Waals surface area contributed by atoms with Gasteiger partial charge in [-0.3, -0.25) is 0 Å². The Labute approximate surface area is 104 Å². The topological polar surface area (TPSA) is 70.1 Å². The number of aliphatic hydroxyl groups excluding tert-OH is 1. The molecule has 1 aromatic rings. The minimum absolute atomic E-state index is 0.127. The van der Waals surface area contributed by atoms with Gasteiger partial charge in [0.05, 0.1) is 0 Å². The van der Waals surface area contributed by atoms with E-state index in [9.17, 15) is 0 Å². The minimum atomic E-state index is -0.176. The fourth-order valence-corrected chi connectivity index (χ4v) is 1.59. The summed E-state index contributed by atoms with van der Waals surface area (Å²) < 4.78 is 0.797. The van der Waals surface area contributed by atoms with Crippen LogP contribution >= 0.6 is 15.9 Å². The van der Waals surface area contributed by atoms with E-state index in [2.05, 4.69) is 36.5 Å². The Kier molecular flexibility index (Phi) is 4.49. The second-order valence-corrected chi connectivity index (χ2v) is 5.10. The van der Waals surface area contributed by atoms with Gasteiger partial charge in [0.15, 0.2) is 0 Å². The van der Waals surface area contributed by atoms with Gasteiger partial charge in [0.25, 0.3) is 0 Å². The monoisotopic (exact) mass is 288 g/mol. The lowest BCUT2D eigenvalue weighted by atomic mass is 9.95. The Balaban J connectivity index is 2.75. The Bertz CT molecular complexity index is 357. The molecule has 0 saturated carbocycles. The summed E-state index contributed by atoms with van der Waals surface area (Å²) in [6.07, 6.45) is 1.49. The van der Waals surface area contributed by atoms with Crippen LogP contribution in [-0.2, 0) is 0 Å². The van der Waals surface area contributed by atoms with E-state index in [0.29, 0.717) is 6.54 Å². The van der Waals surface area contributed by atoms with Crippen LogP contribution in [0.2, 0.25) is 0 Å². The number of anilines is 2. The molecule has 3 N–H and O–H groups in total. The van der Waals surface area contributed by atoms with Crippen LogP contribution in [0.1, 0.15) is 13.8 Å². The molecule has 0 unspecified atom stereocenters. The standard InChI is InChI=1S/C10H17BrN4O/c1-10(2,5-16)4-13-9-7(11)8(12-3)14-6-15-9/h6,16H,4-5H2,1-3H3,(H2,12,13,14,15). The number of aromatic nitrogens is 2. The molecule has 0 amide bonds. The van der Waals surface area contributed by atoms with E-state index in [1.807, 2.05) is 13.8 Å². The zero-order chi connectivity index (χ0) is 12.2. The van der Waals surface area contributed by atoms with Crippen molar-refractivity contribution in [3.05, 3.63) is 10.8 Å². The number of nitrogens with zero attached hydrogens (tertiary/aromatic N) is 2. The zero-order valence-corrected chi connectivity index (χ0v) is 11.3. The molecule has 0 aromatic carbocycles. The maximum absolute atomic E-state index is 9.15. The molecule has 1 aromatic heterocycles. The highest BCUT2D eigenvalue weighted by Crippen LogP contribution is 2.27. The predicted octanol–water partition coefficient (Wildman–Crippen LogP) is 1.71. The molecule has 1 heterocycles. The van der Waals surface area contributed by atoms with Gasteiger partial charge in [0.1, 0.15) is 22.4 Å². The van der Waals surface area contributed by atoms with Gasteiger partial charge in [-0.25, -0.2) is 9.97 Å². The first-order chi connectivity index (χ1) is 7.50. The van der Waals surface area contributed by atoms with E-state index in [1.54, 1.807) is 7.05 Å². The summed E-state index contributed by atoms with van der Waals surface area (Å²) in [5.41, 5.74) is -0.176. The van der Waals surface area contributed by atoms with Gasteiger partial charge < -0.3 is 15.7 Å². The Morgan fingerprint density at radius 1 is 1.38 bits per heavy atom. The van der Waals surface area contributed by atoms with Crippen molar-refractivity contribution in [2.45, 2.75) is 13.8 Å². The molecule has 90 valence electrons. The van der Waals surface area contributed by atoms with Crippen molar-refractivity contribution in [2.75, 3.05) is 30.8 Å². The molecule has 0 fully saturated rings. The van der Waals surface area contributed by atoms with Crippen molar-refractivity contribution in [3.8, 4) is 0 Å². The van der Waals surface area contributed by atoms with E-state index in [1.165, 1.54) is 6.33 Å². The molecular weight excluding hydrogens is 272 g/mol. The molecule has 0 aliphatic heterocycles. The first-order valence-electron chi connectivity index (χ1n) is 5.03. The first kappa shape index (κ1) is 13.2. The summed E-state index contributed by atoms with van der Waals surface area (Å²) >= 11 is 3.42. The lowest BCUT2D eigenvalue weighted by Gasteiger charge is -2.22. The maximum atomic E-state index is 9.15. The van der Waals surface area contributed by atoms with E-state index in [4.69, 9.17) is 5.11 Å². The number of hydrogen-bond acceptors (Lipinski definition) is 5. The number of aliphatic hydroxyl groups is 1. The fourth-order valence-electron chi connectivity index (χ4n) is 1.05. The van der Waals surface area contributed by atoms with Crippen molar-refractivity contribution in [3.63, 3.8) is 0 Å². The largest absolute Gasteiger partial charge is 0.396 e. The normalized spacial score (nSPS) is 11.3. The Morgan fingerprint density at radius 2 is 2.00 bits per heavy atom. The van der Waals surface area contributed by atoms with Crippen LogP contribution in [0.25, 0.3) is 0 Å². The van der Waals surface area contributed by atoms with Gasteiger partial charge in [-0.15, -0.1) is 0 Å². The van der Waals surface area contributed by atoms with Crippen LogP contribution in [-0.4, -0.2) is 35.3 Å². The second-order valence-electron chi connectivity index (χ2n) is 4.31. The Hall–Kier alpha value is -0.880. The highest BCUT2D eigenvalue weighted by atomic mass is 79.9. The summed E-state index contributed by atoms with van der Waals surface area (Å²) in [4.78, 5) is 8.20. The van der Waals surface area contributed by atoms with Gasteiger partial charge in [-0.1, -0.05) is 13.8 Å². The molecule has 16 heavy (non-hydrogen) atoms. The summed E-state index contributed by atoms with van der Waals surface area (Å²) in [6.45, 7) is 4.73. The molecule has 0 saturated heterocycles. The van der Waals surface area contributed by atoms with E-state index < -0.39 is 0 Å². The zero-order valence-electron chi connectivity index (χ0n) is 9.71. The van der Waals surface area contributed by atoms with Gasteiger partial charge in [0.2, 0.25) is 0 Å². The number of hydrogen-bond donors (Lipinski definition) is 3. The first-order valence-corrected chi connectivity index (χ1v) is 5.82. The number of halogens is 1. The molecular formula is C10H17BrN4O. The summed E-state index contributed by atoms with van der Waals surface area (Å²) in [7, 11) is 1.80. The van der Waals surface area contributed by atoms with Crippen molar-refractivity contribution in [1.82, 2.24) is 9.97 Å². The van der Waals surface area contributed by atoms with E-state index in [0.717, 1.165) is 16.1 Å². The van der Waals surface area contributed by atoms with Crippen LogP contribution in [0.4, 0.5) is 11.6 Å². The quantitative estimate of drug-likeness (QED) is 0.770. The van der Waals surface area contributed by atoms with Crippen LogP contribution < -0.4 is 10.6 Å². The van der Waals surface area contributed by atoms with Crippen LogP contribution in [0.3, 0.4) is 0 Å². The Morgan fingerprint density at radius 3 is 2.56 bits per heavy atom. The molecule has 0 aliphatic rings. The molecule has 5 nitrogen and oxygen atoms in total. The summed E-state index contributed by atoms with van der Waals surface area (Å²) in [5.74, 6) is 1.46. The molecule has 0 bridgehead atoms. The predicted molar refractivity (Wildman–Crippen MR) is 68.6 cm³/mol. The average Bonchev–Trinajstić information content (AvgIpc) is 2.28. The second kappa shape index (κ2) is 5.45. The lowest BCUT2D eigenvalue weighted by molar-refractivity contribution is 0.170. The van der Waals surface area contributed by atoms with E-state index in [-0.39, 0.29) is 12.0 Å². The van der Waals surface area contributed by atoms with Gasteiger partial charge >= 0.3 is 0 Å². The molecule has 1 rings (SSSR count). The highest BCUT2D eigenvalue weighted by Gasteiger charge is 2.17. The number of rotatable bonds is 5. The third-order valence-corrected chi connectivity index (χ3v) is 2.94. The molecule has 0 spiro atoms. The molecule has 0 atom stereocenters. The van der Waals surface area contributed by atoms with Gasteiger partial charge in [-0.05, 0) is 15.9 Å². The van der Waals surface area contributed by atoms with Gasteiger partial charge in [-0.2, -0.15) is 0 Å². The molecule has 0 aliphatic carbocycles. The third-order valence-electron chi connectivity index (χ3n) is 2.19. The fraction of sp³-hybridized carbons (Fsp3) is 0.600. The lowest BCUT2D eigenvalue weighted by Crippen LogP contribution is -2.27. The summed E-state index contributed by atoms with van der Waals surface area (Å²) in [5, 5.41) is 15.3. The van der Waals surface area contributed by atoms with E-state index >= 15 is 0 Å². The highest BCUT2D eigenvalue weighted by molar-refractivity contribution is 9.10. The van der Waals surface area contributed by atoms with Crippen molar-refractivity contribution in [1.29, 1.82) is 0 Å². The number of nitrogens with one attached hydrogen (secondary N) is 2. The van der Waals surface area contributed by atoms with Gasteiger partial charge in [0, 0.05) is 25.6 Å². The third kappa shape index (κ3) is 3.31. The molecule has 0 radical (unpaired) electrons. The maximum Gasteiger partial charge on any atom is 0.145 e. The van der Waals surface area contributed by atoms with Crippen molar-refractivity contribution < 1.29 is 5.11 Å². The van der Waals surface area contributed by atoms with Crippen molar-refractivity contribution in [2.24, 2.45) is 5.41 Å². The SMILES string of the molecule is CNc1ncnc(NCC(C)(C)CO)c1Br. The smallest absolute Gasteiger partial charge is 0.145 e. The molecule has 6 heteroatoms. The minimum Gasteiger partial charge on any atom is -0.396 e. The van der Waals surface area contributed by atoms with Crippen molar-refractivity contribution >= 4 is 27.6 Å². The van der Waals surface area contributed by atoms with Crippen LogP contribution in [0.15, 0.2) is 10.8 Å². The average molecular weight is 289 g/mol. The summed E-state index contributed by atoms with van der Waals surface area (Å²) in [6, 6.07) is 0. The van der Waals surface area contributed by atoms with Crippen LogP contribution in [0, 0.1) is 5.41 Å². The van der Waals surface area contributed by atoms with Crippen LogP contribution in [0.5, 0.6) is 0 Å².